The van der Waals surface area contributed by atoms with Gasteiger partial charge in [-0.25, -0.2) is 0 Å². The highest BCUT2D eigenvalue weighted by molar-refractivity contribution is 5.23. The van der Waals surface area contributed by atoms with E-state index in [0.717, 1.165) is 11.1 Å². The van der Waals surface area contributed by atoms with Crippen molar-refractivity contribution in [3.05, 3.63) is 29.6 Å². The zero-order chi connectivity index (χ0) is 11.5. The fraction of sp³-hybridized carbons (Fsp3) is 0.583. The van der Waals surface area contributed by atoms with E-state index in [-0.39, 0.29) is 5.60 Å². The highest BCUT2D eigenvalue weighted by atomic mass is 16.5. The van der Waals surface area contributed by atoms with E-state index in [1.54, 1.807) is 12.4 Å². The number of hydrogen-bond acceptors (Lipinski definition) is 3. The molecule has 0 aliphatic heterocycles. The second-order valence-electron chi connectivity index (χ2n) is 4.67. The Morgan fingerprint density at radius 3 is 2.67 bits per heavy atom. The minimum absolute atomic E-state index is 0.225. The summed E-state index contributed by atoms with van der Waals surface area (Å²) >= 11 is 0. The van der Waals surface area contributed by atoms with Crippen LogP contribution in [0.1, 0.15) is 38.0 Å². The minimum Gasteiger partial charge on any atom is -0.386 e. The monoisotopic (exact) mass is 209 g/mol. The van der Waals surface area contributed by atoms with Crippen LogP contribution >= 0.6 is 0 Å². The highest BCUT2D eigenvalue weighted by Gasteiger charge is 2.16. The van der Waals surface area contributed by atoms with Crippen molar-refractivity contribution in [2.45, 2.75) is 39.4 Å². The molecule has 84 valence electrons. The summed E-state index contributed by atoms with van der Waals surface area (Å²) in [6, 6.07) is 1.88. The molecule has 1 heterocycles. The Kier molecular flexibility index (Phi) is 3.83. The molecule has 0 saturated heterocycles. The van der Waals surface area contributed by atoms with Gasteiger partial charge in [-0.1, -0.05) is 0 Å². The van der Waals surface area contributed by atoms with E-state index in [1.807, 2.05) is 33.8 Å². The lowest BCUT2D eigenvalue weighted by atomic mass is 10.1. The highest BCUT2D eigenvalue weighted by Crippen LogP contribution is 2.18. The zero-order valence-corrected chi connectivity index (χ0v) is 9.82. The molecule has 0 aromatic carbocycles. The van der Waals surface area contributed by atoms with Gasteiger partial charge >= 0.3 is 0 Å². The van der Waals surface area contributed by atoms with Crippen molar-refractivity contribution in [3.63, 3.8) is 0 Å². The van der Waals surface area contributed by atoms with Crippen LogP contribution in [-0.2, 0) is 4.74 Å². The lowest BCUT2D eigenvalue weighted by molar-refractivity contribution is -0.0498. The largest absolute Gasteiger partial charge is 0.386 e. The molecule has 1 rings (SSSR count). The Balaban J connectivity index is 2.62. The van der Waals surface area contributed by atoms with Crippen LogP contribution in [0.3, 0.4) is 0 Å². The van der Waals surface area contributed by atoms with Gasteiger partial charge in [-0.3, -0.25) is 4.98 Å². The fourth-order valence-electron chi connectivity index (χ4n) is 1.24. The average Bonchev–Trinajstić information content (AvgIpc) is 2.14. The molecule has 1 aromatic rings. The first-order valence-electron chi connectivity index (χ1n) is 5.13. The fourth-order valence-corrected chi connectivity index (χ4v) is 1.24. The van der Waals surface area contributed by atoms with E-state index in [4.69, 9.17) is 4.74 Å². The van der Waals surface area contributed by atoms with Gasteiger partial charge in [-0.15, -0.1) is 0 Å². The third-order valence-corrected chi connectivity index (χ3v) is 2.11. The third kappa shape index (κ3) is 3.98. The lowest BCUT2D eigenvalue weighted by Gasteiger charge is -2.22. The van der Waals surface area contributed by atoms with Gasteiger partial charge in [-0.05, 0) is 39.3 Å². The van der Waals surface area contributed by atoms with Crippen LogP contribution in [0, 0.1) is 6.92 Å². The SMILES string of the molecule is Cc1ccncc1C(O)COC(C)(C)C. The van der Waals surface area contributed by atoms with Gasteiger partial charge in [0.1, 0.15) is 6.10 Å². The molecule has 0 aliphatic carbocycles. The molecule has 1 aromatic heterocycles. The maximum atomic E-state index is 9.90. The van der Waals surface area contributed by atoms with Crippen molar-refractivity contribution in [2.24, 2.45) is 0 Å². The first-order valence-corrected chi connectivity index (χ1v) is 5.13. The summed E-state index contributed by atoms with van der Waals surface area (Å²) in [5.41, 5.74) is 1.65. The first kappa shape index (κ1) is 12.1. The lowest BCUT2D eigenvalue weighted by Crippen LogP contribution is -2.23. The number of aryl methyl sites for hydroxylation is 1. The molecule has 0 aliphatic rings. The van der Waals surface area contributed by atoms with Crippen molar-refractivity contribution in [3.8, 4) is 0 Å². The molecule has 0 saturated carbocycles. The van der Waals surface area contributed by atoms with E-state index < -0.39 is 6.10 Å². The number of pyridine rings is 1. The number of rotatable bonds is 3. The number of nitrogens with zero attached hydrogens (tertiary/aromatic N) is 1. The smallest absolute Gasteiger partial charge is 0.104 e. The van der Waals surface area contributed by atoms with E-state index in [2.05, 4.69) is 4.98 Å². The summed E-state index contributed by atoms with van der Waals surface area (Å²) in [4.78, 5) is 4.00. The second-order valence-corrected chi connectivity index (χ2v) is 4.67. The molecular weight excluding hydrogens is 190 g/mol. The number of aliphatic hydroxyl groups excluding tert-OH is 1. The molecule has 1 atom stereocenters. The van der Waals surface area contributed by atoms with Crippen LogP contribution in [0.25, 0.3) is 0 Å². The molecule has 0 spiro atoms. The summed E-state index contributed by atoms with van der Waals surface area (Å²) in [6.07, 6.45) is 2.81. The number of aliphatic hydroxyl groups is 1. The predicted molar refractivity (Wildman–Crippen MR) is 59.6 cm³/mol. The van der Waals surface area contributed by atoms with Crippen molar-refractivity contribution in [1.29, 1.82) is 0 Å². The first-order chi connectivity index (χ1) is 6.90. The standard InChI is InChI=1S/C12H19NO2/c1-9-5-6-13-7-10(9)11(14)8-15-12(2,3)4/h5-7,11,14H,8H2,1-4H3. The molecule has 0 fully saturated rings. The summed E-state index contributed by atoms with van der Waals surface area (Å²) in [5.74, 6) is 0. The Hall–Kier alpha value is -0.930. The van der Waals surface area contributed by atoms with Gasteiger partial charge < -0.3 is 9.84 Å². The molecule has 3 heteroatoms. The van der Waals surface area contributed by atoms with Crippen molar-refractivity contribution < 1.29 is 9.84 Å². The van der Waals surface area contributed by atoms with E-state index in [9.17, 15) is 5.11 Å². The van der Waals surface area contributed by atoms with Gasteiger partial charge in [0.05, 0.1) is 12.2 Å². The normalized spacial score (nSPS) is 13.9. The molecule has 1 N–H and O–H groups in total. The van der Waals surface area contributed by atoms with E-state index in [1.165, 1.54) is 0 Å². The summed E-state index contributed by atoms with van der Waals surface area (Å²) in [5, 5.41) is 9.90. The summed E-state index contributed by atoms with van der Waals surface area (Å²) in [7, 11) is 0. The molecule has 0 radical (unpaired) electrons. The molecule has 0 bridgehead atoms. The molecule has 1 unspecified atom stereocenters. The third-order valence-electron chi connectivity index (χ3n) is 2.11. The van der Waals surface area contributed by atoms with Crippen LogP contribution in [0.5, 0.6) is 0 Å². The van der Waals surface area contributed by atoms with E-state index in [0.29, 0.717) is 6.61 Å². The summed E-state index contributed by atoms with van der Waals surface area (Å²) in [6.45, 7) is 8.16. The van der Waals surface area contributed by atoms with Crippen molar-refractivity contribution in [2.75, 3.05) is 6.61 Å². The van der Waals surface area contributed by atoms with Crippen molar-refractivity contribution >= 4 is 0 Å². The molecule has 15 heavy (non-hydrogen) atoms. The quantitative estimate of drug-likeness (QED) is 0.830. The van der Waals surface area contributed by atoms with Crippen LogP contribution in [0.2, 0.25) is 0 Å². The van der Waals surface area contributed by atoms with Crippen LogP contribution in [0.4, 0.5) is 0 Å². The maximum Gasteiger partial charge on any atom is 0.104 e. The second kappa shape index (κ2) is 4.73. The van der Waals surface area contributed by atoms with Gasteiger partial charge in [0.15, 0.2) is 0 Å². The zero-order valence-electron chi connectivity index (χ0n) is 9.82. The van der Waals surface area contributed by atoms with Gasteiger partial charge in [0, 0.05) is 18.0 Å². The summed E-state index contributed by atoms with van der Waals surface area (Å²) < 4.78 is 5.52. The molecule has 0 amide bonds. The van der Waals surface area contributed by atoms with Crippen LogP contribution in [0.15, 0.2) is 18.5 Å². The molecule has 3 nitrogen and oxygen atoms in total. The van der Waals surface area contributed by atoms with Crippen LogP contribution in [-0.4, -0.2) is 22.3 Å². The number of ether oxygens (including phenoxy) is 1. The van der Waals surface area contributed by atoms with E-state index >= 15 is 0 Å². The van der Waals surface area contributed by atoms with Crippen molar-refractivity contribution in [1.82, 2.24) is 4.98 Å². The van der Waals surface area contributed by atoms with Gasteiger partial charge in [-0.2, -0.15) is 0 Å². The van der Waals surface area contributed by atoms with Gasteiger partial charge in [0.2, 0.25) is 0 Å². The predicted octanol–water partition coefficient (Wildman–Crippen LogP) is 2.24. The Morgan fingerprint density at radius 2 is 2.13 bits per heavy atom. The maximum absolute atomic E-state index is 9.90. The Bertz CT molecular complexity index is 318. The average molecular weight is 209 g/mol. The Morgan fingerprint density at radius 1 is 1.47 bits per heavy atom. The van der Waals surface area contributed by atoms with Gasteiger partial charge in [0.25, 0.3) is 0 Å². The number of hydrogen-bond donors (Lipinski definition) is 1. The minimum atomic E-state index is -0.599. The number of aromatic nitrogens is 1. The topological polar surface area (TPSA) is 42.4 Å². The molecular formula is C12H19NO2. The Labute approximate surface area is 91.1 Å². The van der Waals surface area contributed by atoms with Crippen LogP contribution < -0.4 is 0 Å².